The van der Waals surface area contributed by atoms with E-state index < -0.39 is 17.7 Å². The van der Waals surface area contributed by atoms with Crippen molar-refractivity contribution in [1.29, 1.82) is 0 Å². The smallest absolute Gasteiger partial charge is 0.408 e. The van der Waals surface area contributed by atoms with E-state index in [1.54, 1.807) is 40.7 Å². The predicted molar refractivity (Wildman–Crippen MR) is 64.6 cm³/mol. The monoisotopic (exact) mass is 243 g/mol. The van der Waals surface area contributed by atoms with Gasteiger partial charge in [-0.1, -0.05) is 6.08 Å². The highest BCUT2D eigenvalue weighted by Crippen LogP contribution is 2.06. The Hall–Kier alpha value is -1.52. The summed E-state index contributed by atoms with van der Waals surface area (Å²) >= 11 is 0. The molecule has 0 aromatic heterocycles. The van der Waals surface area contributed by atoms with Crippen LogP contribution < -0.4 is 5.32 Å². The maximum Gasteiger partial charge on any atom is 0.408 e. The SMILES string of the molecule is CCOC(=O)/C=C/C(C)NC(=O)OC(C)(C)C. The van der Waals surface area contributed by atoms with Gasteiger partial charge in [0, 0.05) is 12.1 Å². The maximum atomic E-state index is 11.4. The molecule has 0 spiro atoms. The summed E-state index contributed by atoms with van der Waals surface area (Å²) in [5.74, 6) is -0.426. The van der Waals surface area contributed by atoms with E-state index in [0.29, 0.717) is 6.61 Å². The number of carbonyl (C=O) groups excluding carboxylic acids is 2. The van der Waals surface area contributed by atoms with Crippen molar-refractivity contribution < 1.29 is 19.1 Å². The summed E-state index contributed by atoms with van der Waals surface area (Å²) in [6.45, 7) is 9.15. The lowest BCUT2D eigenvalue weighted by Crippen LogP contribution is -2.36. The standard InChI is InChI=1S/C12H21NO4/c1-6-16-10(14)8-7-9(2)13-11(15)17-12(3,4)5/h7-9H,6H2,1-5H3,(H,13,15)/b8-7+. The van der Waals surface area contributed by atoms with E-state index in [0.717, 1.165) is 0 Å². The molecule has 0 bridgehead atoms. The molecule has 0 fully saturated rings. The van der Waals surface area contributed by atoms with Crippen LogP contribution in [-0.2, 0) is 14.3 Å². The predicted octanol–water partition coefficient (Wildman–Crippen LogP) is 2.02. The maximum absolute atomic E-state index is 11.4. The van der Waals surface area contributed by atoms with E-state index >= 15 is 0 Å². The molecule has 0 aliphatic carbocycles. The molecule has 1 atom stereocenters. The summed E-state index contributed by atoms with van der Waals surface area (Å²) in [7, 11) is 0. The zero-order valence-corrected chi connectivity index (χ0v) is 11.1. The zero-order valence-electron chi connectivity index (χ0n) is 11.1. The molecule has 0 aliphatic heterocycles. The molecule has 98 valence electrons. The lowest BCUT2D eigenvalue weighted by Gasteiger charge is -2.20. The summed E-state index contributed by atoms with van der Waals surface area (Å²) < 4.78 is 9.77. The average molecular weight is 243 g/mol. The lowest BCUT2D eigenvalue weighted by molar-refractivity contribution is -0.137. The van der Waals surface area contributed by atoms with E-state index in [9.17, 15) is 9.59 Å². The molecule has 5 nitrogen and oxygen atoms in total. The van der Waals surface area contributed by atoms with Crippen LogP contribution in [-0.4, -0.2) is 30.3 Å². The molecule has 0 saturated heterocycles. The van der Waals surface area contributed by atoms with Gasteiger partial charge in [0.05, 0.1) is 6.61 Å². The average Bonchev–Trinajstić information content (AvgIpc) is 2.12. The number of hydrogen-bond donors (Lipinski definition) is 1. The number of alkyl carbamates (subject to hydrolysis) is 1. The van der Waals surface area contributed by atoms with Gasteiger partial charge in [0.1, 0.15) is 5.60 Å². The molecular formula is C12H21NO4. The Balaban J connectivity index is 4.05. The van der Waals surface area contributed by atoms with Crippen LogP contribution in [0.15, 0.2) is 12.2 Å². The second-order valence-corrected chi connectivity index (χ2v) is 4.55. The molecule has 1 amide bonds. The lowest BCUT2D eigenvalue weighted by atomic mass is 10.2. The van der Waals surface area contributed by atoms with Crippen LogP contribution in [0.2, 0.25) is 0 Å². The fourth-order valence-electron chi connectivity index (χ4n) is 0.955. The highest BCUT2D eigenvalue weighted by molar-refractivity contribution is 5.82. The first-order valence-electron chi connectivity index (χ1n) is 5.59. The van der Waals surface area contributed by atoms with Crippen molar-refractivity contribution in [2.45, 2.75) is 46.3 Å². The Morgan fingerprint density at radius 1 is 1.35 bits per heavy atom. The molecule has 0 aromatic carbocycles. The van der Waals surface area contributed by atoms with E-state index in [2.05, 4.69) is 5.32 Å². The van der Waals surface area contributed by atoms with Gasteiger partial charge in [-0.05, 0) is 34.6 Å². The van der Waals surface area contributed by atoms with Crippen molar-refractivity contribution in [2.24, 2.45) is 0 Å². The van der Waals surface area contributed by atoms with Gasteiger partial charge in [-0.15, -0.1) is 0 Å². The molecule has 0 aliphatic rings. The van der Waals surface area contributed by atoms with Gasteiger partial charge < -0.3 is 14.8 Å². The first-order chi connectivity index (χ1) is 7.74. The summed E-state index contributed by atoms with van der Waals surface area (Å²) in [5, 5.41) is 2.58. The largest absolute Gasteiger partial charge is 0.463 e. The van der Waals surface area contributed by atoms with Crippen LogP contribution in [0.25, 0.3) is 0 Å². The molecule has 1 unspecified atom stereocenters. The van der Waals surface area contributed by atoms with Gasteiger partial charge in [-0.25, -0.2) is 9.59 Å². The number of esters is 1. The van der Waals surface area contributed by atoms with Gasteiger partial charge in [0.15, 0.2) is 0 Å². The van der Waals surface area contributed by atoms with Crippen molar-refractivity contribution in [1.82, 2.24) is 5.32 Å². The normalized spacial score (nSPS) is 13.2. The summed E-state index contributed by atoms with van der Waals surface area (Å²) in [4.78, 5) is 22.4. The van der Waals surface area contributed by atoms with Crippen molar-refractivity contribution in [2.75, 3.05) is 6.61 Å². The Bertz CT molecular complexity index is 291. The molecule has 0 rings (SSSR count). The molecule has 0 aromatic rings. The summed E-state index contributed by atoms with van der Waals surface area (Å²) in [6.07, 6.45) is 2.31. The molecule has 17 heavy (non-hydrogen) atoms. The van der Waals surface area contributed by atoms with Crippen LogP contribution >= 0.6 is 0 Å². The van der Waals surface area contributed by atoms with E-state index in [1.807, 2.05) is 0 Å². The fourth-order valence-corrected chi connectivity index (χ4v) is 0.955. The molecule has 5 heteroatoms. The third-order valence-electron chi connectivity index (χ3n) is 1.55. The van der Waals surface area contributed by atoms with E-state index in [4.69, 9.17) is 9.47 Å². The Kier molecular flexibility index (Phi) is 6.31. The molecule has 0 heterocycles. The third-order valence-corrected chi connectivity index (χ3v) is 1.55. The minimum atomic E-state index is -0.533. The Morgan fingerprint density at radius 2 is 1.94 bits per heavy atom. The van der Waals surface area contributed by atoms with Crippen molar-refractivity contribution in [3.05, 3.63) is 12.2 Å². The summed E-state index contributed by atoms with van der Waals surface area (Å²) in [5.41, 5.74) is -0.533. The van der Waals surface area contributed by atoms with E-state index in [-0.39, 0.29) is 6.04 Å². The number of nitrogens with one attached hydrogen (secondary N) is 1. The minimum Gasteiger partial charge on any atom is -0.463 e. The highest BCUT2D eigenvalue weighted by Gasteiger charge is 2.16. The van der Waals surface area contributed by atoms with Crippen LogP contribution in [0.1, 0.15) is 34.6 Å². The molecule has 1 N–H and O–H groups in total. The van der Waals surface area contributed by atoms with Crippen molar-refractivity contribution in [3.63, 3.8) is 0 Å². The van der Waals surface area contributed by atoms with Gasteiger partial charge in [0.25, 0.3) is 0 Å². The number of rotatable bonds is 4. The third kappa shape index (κ3) is 9.41. The minimum absolute atomic E-state index is 0.297. The van der Waals surface area contributed by atoms with Crippen LogP contribution in [0.5, 0.6) is 0 Å². The Morgan fingerprint density at radius 3 is 2.41 bits per heavy atom. The molecule has 0 radical (unpaired) electrons. The van der Waals surface area contributed by atoms with Gasteiger partial charge in [-0.3, -0.25) is 0 Å². The molecule has 0 saturated carbocycles. The number of hydrogen-bond acceptors (Lipinski definition) is 4. The first kappa shape index (κ1) is 15.5. The Labute approximate surface area is 102 Å². The van der Waals surface area contributed by atoms with Gasteiger partial charge in [-0.2, -0.15) is 0 Å². The second-order valence-electron chi connectivity index (χ2n) is 4.55. The van der Waals surface area contributed by atoms with Gasteiger partial charge >= 0.3 is 12.1 Å². The van der Waals surface area contributed by atoms with Crippen molar-refractivity contribution >= 4 is 12.1 Å². The van der Waals surface area contributed by atoms with Crippen LogP contribution in [0.3, 0.4) is 0 Å². The van der Waals surface area contributed by atoms with Crippen molar-refractivity contribution in [3.8, 4) is 0 Å². The number of carbonyl (C=O) groups is 2. The van der Waals surface area contributed by atoms with Crippen LogP contribution in [0, 0.1) is 0 Å². The number of amides is 1. The summed E-state index contributed by atoms with van der Waals surface area (Å²) in [6, 6.07) is -0.297. The fraction of sp³-hybridized carbons (Fsp3) is 0.667. The zero-order chi connectivity index (χ0) is 13.5. The van der Waals surface area contributed by atoms with E-state index in [1.165, 1.54) is 6.08 Å². The van der Waals surface area contributed by atoms with Crippen LogP contribution in [0.4, 0.5) is 4.79 Å². The van der Waals surface area contributed by atoms with Gasteiger partial charge in [0.2, 0.25) is 0 Å². The quantitative estimate of drug-likeness (QED) is 0.606. The second kappa shape index (κ2) is 6.93. The topological polar surface area (TPSA) is 64.6 Å². The molecular weight excluding hydrogens is 222 g/mol. The number of ether oxygens (including phenoxy) is 2. The first-order valence-corrected chi connectivity index (χ1v) is 5.59. The highest BCUT2D eigenvalue weighted by atomic mass is 16.6.